The Kier molecular flexibility index (Phi) is 5.57. The lowest BCUT2D eigenvalue weighted by molar-refractivity contribution is -0.119. The topological polar surface area (TPSA) is 88.7 Å². The summed E-state index contributed by atoms with van der Waals surface area (Å²) in [6.07, 6.45) is 0. The van der Waals surface area contributed by atoms with Gasteiger partial charge >= 0.3 is 0 Å². The van der Waals surface area contributed by atoms with E-state index < -0.39 is 0 Å². The average molecular weight is 312 g/mol. The smallest absolute Gasteiger partial charge is 0.259 e. The normalized spacial score (nSPS) is 11.0. The summed E-state index contributed by atoms with van der Waals surface area (Å²) in [7, 11) is 1.58. The maximum Gasteiger partial charge on any atom is 0.259 e. The summed E-state index contributed by atoms with van der Waals surface area (Å²) in [6.45, 7) is 1.92. The molecule has 0 atom stereocenters. The van der Waals surface area contributed by atoms with Gasteiger partial charge in [0.1, 0.15) is 5.75 Å². The Morgan fingerprint density at radius 1 is 1.17 bits per heavy atom. The highest BCUT2D eigenvalue weighted by Gasteiger charge is 2.04. The third-order valence-electron chi connectivity index (χ3n) is 3.22. The Labute approximate surface area is 135 Å². The predicted molar refractivity (Wildman–Crippen MR) is 92.7 cm³/mol. The Morgan fingerprint density at radius 3 is 2.57 bits per heavy atom. The van der Waals surface area contributed by atoms with Crippen LogP contribution in [0.2, 0.25) is 0 Å². The summed E-state index contributed by atoms with van der Waals surface area (Å²) >= 11 is 0. The quantitative estimate of drug-likeness (QED) is 0.433. The van der Waals surface area contributed by atoms with E-state index in [0.29, 0.717) is 17.1 Å². The number of hydrogen-bond donors (Lipinski definition) is 3. The van der Waals surface area contributed by atoms with Gasteiger partial charge in [-0.25, -0.2) is 5.43 Å². The Balaban J connectivity index is 1.89. The van der Waals surface area contributed by atoms with Gasteiger partial charge < -0.3 is 15.8 Å². The molecule has 0 aliphatic heterocycles. The fourth-order valence-electron chi connectivity index (χ4n) is 1.94. The molecule has 0 fully saturated rings. The first-order valence-corrected chi connectivity index (χ1v) is 7.16. The number of hydrazone groups is 1. The van der Waals surface area contributed by atoms with Crippen molar-refractivity contribution in [3.63, 3.8) is 0 Å². The number of carbonyl (C=O) groups is 1. The van der Waals surface area contributed by atoms with Crippen LogP contribution in [0.25, 0.3) is 0 Å². The highest BCUT2D eigenvalue weighted by molar-refractivity contribution is 5.99. The minimum atomic E-state index is -0.245. The largest absolute Gasteiger partial charge is 0.495 e. The average Bonchev–Trinajstić information content (AvgIpc) is 2.58. The minimum Gasteiger partial charge on any atom is -0.495 e. The molecule has 6 heteroatoms. The lowest BCUT2D eigenvalue weighted by Crippen LogP contribution is -2.26. The van der Waals surface area contributed by atoms with Crippen molar-refractivity contribution in [3.05, 3.63) is 54.1 Å². The Hall–Kier alpha value is -3.02. The zero-order valence-corrected chi connectivity index (χ0v) is 13.2. The molecule has 0 aromatic heterocycles. The van der Waals surface area contributed by atoms with Gasteiger partial charge in [0.25, 0.3) is 5.91 Å². The van der Waals surface area contributed by atoms with Crippen LogP contribution in [0.4, 0.5) is 11.4 Å². The standard InChI is InChI=1S/C17H20N4O2/c1-12(13-7-9-14(18)10-8-13)20-21-17(22)11-19-15-5-3-4-6-16(15)23-2/h3-10,19H,11,18H2,1-2H3,(H,21,22)/b20-12-. The lowest BCUT2D eigenvalue weighted by Gasteiger charge is -2.10. The van der Waals surface area contributed by atoms with E-state index in [4.69, 9.17) is 10.5 Å². The van der Waals surface area contributed by atoms with E-state index in [0.717, 1.165) is 11.3 Å². The molecule has 0 unspecified atom stereocenters. The van der Waals surface area contributed by atoms with Crippen LogP contribution in [0.1, 0.15) is 12.5 Å². The van der Waals surface area contributed by atoms with Crippen molar-refractivity contribution in [2.75, 3.05) is 24.7 Å². The van der Waals surface area contributed by atoms with Gasteiger partial charge in [0, 0.05) is 5.69 Å². The fourth-order valence-corrected chi connectivity index (χ4v) is 1.94. The number of ether oxygens (including phenoxy) is 1. The number of amides is 1. The first-order chi connectivity index (χ1) is 11.1. The SMILES string of the molecule is COc1ccccc1NCC(=O)N/N=C(/C)c1ccc(N)cc1. The zero-order chi connectivity index (χ0) is 16.7. The maximum absolute atomic E-state index is 11.9. The molecule has 23 heavy (non-hydrogen) atoms. The number of nitrogens with zero attached hydrogens (tertiary/aromatic N) is 1. The molecule has 2 aromatic rings. The number of carbonyl (C=O) groups excluding carboxylic acids is 1. The molecule has 0 bridgehead atoms. The third kappa shape index (κ3) is 4.74. The number of nitrogen functional groups attached to an aromatic ring is 1. The summed E-state index contributed by atoms with van der Waals surface area (Å²) in [6, 6.07) is 14.7. The molecule has 0 aliphatic rings. The van der Waals surface area contributed by atoms with Crippen molar-refractivity contribution >= 4 is 23.0 Å². The van der Waals surface area contributed by atoms with Crippen molar-refractivity contribution in [1.29, 1.82) is 0 Å². The fraction of sp³-hybridized carbons (Fsp3) is 0.176. The van der Waals surface area contributed by atoms with Gasteiger partial charge in [-0.1, -0.05) is 24.3 Å². The number of para-hydroxylation sites is 2. The second-order valence-corrected chi connectivity index (χ2v) is 4.91. The van der Waals surface area contributed by atoms with Gasteiger partial charge in [-0.15, -0.1) is 0 Å². The van der Waals surface area contributed by atoms with Gasteiger partial charge in [-0.2, -0.15) is 5.10 Å². The van der Waals surface area contributed by atoms with Gasteiger partial charge in [0.05, 0.1) is 25.1 Å². The van der Waals surface area contributed by atoms with Gasteiger partial charge in [-0.05, 0) is 36.8 Å². The monoisotopic (exact) mass is 312 g/mol. The number of hydrogen-bond acceptors (Lipinski definition) is 5. The summed E-state index contributed by atoms with van der Waals surface area (Å²) in [5.41, 5.74) is 11.2. The van der Waals surface area contributed by atoms with Crippen LogP contribution in [-0.4, -0.2) is 25.3 Å². The first kappa shape index (κ1) is 16.4. The highest BCUT2D eigenvalue weighted by Crippen LogP contribution is 2.22. The molecule has 0 radical (unpaired) electrons. The van der Waals surface area contributed by atoms with E-state index in [2.05, 4.69) is 15.8 Å². The second-order valence-electron chi connectivity index (χ2n) is 4.91. The number of nitrogens with two attached hydrogens (primary N) is 1. The molecule has 0 heterocycles. The van der Waals surface area contributed by atoms with E-state index >= 15 is 0 Å². The molecular weight excluding hydrogens is 292 g/mol. The predicted octanol–water partition coefficient (Wildman–Crippen LogP) is 2.23. The molecule has 1 amide bonds. The molecule has 4 N–H and O–H groups in total. The Morgan fingerprint density at radius 2 is 1.87 bits per heavy atom. The van der Waals surface area contributed by atoms with Gasteiger partial charge in [-0.3, -0.25) is 4.79 Å². The second kappa shape index (κ2) is 7.84. The minimum absolute atomic E-state index is 0.0961. The maximum atomic E-state index is 11.9. The summed E-state index contributed by atoms with van der Waals surface area (Å²) in [5.74, 6) is 0.438. The van der Waals surface area contributed by atoms with Crippen LogP contribution in [-0.2, 0) is 4.79 Å². The van der Waals surface area contributed by atoms with E-state index in [9.17, 15) is 4.79 Å². The Bertz CT molecular complexity index is 696. The van der Waals surface area contributed by atoms with Crippen LogP contribution in [0.5, 0.6) is 5.75 Å². The van der Waals surface area contributed by atoms with E-state index in [1.807, 2.05) is 43.3 Å². The van der Waals surface area contributed by atoms with Crippen LogP contribution in [0, 0.1) is 0 Å². The van der Waals surface area contributed by atoms with Crippen molar-refractivity contribution < 1.29 is 9.53 Å². The van der Waals surface area contributed by atoms with Crippen molar-refractivity contribution in [3.8, 4) is 5.75 Å². The van der Waals surface area contributed by atoms with Crippen LogP contribution in [0.15, 0.2) is 53.6 Å². The molecule has 2 rings (SSSR count). The summed E-state index contributed by atoms with van der Waals surface area (Å²) in [5, 5.41) is 7.10. The molecule has 2 aromatic carbocycles. The molecular formula is C17H20N4O2. The first-order valence-electron chi connectivity index (χ1n) is 7.16. The summed E-state index contributed by atoms with van der Waals surface area (Å²) < 4.78 is 5.21. The van der Waals surface area contributed by atoms with E-state index in [-0.39, 0.29) is 12.5 Å². The number of nitrogens with one attached hydrogen (secondary N) is 2. The van der Waals surface area contributed by atoms with Gasteiger partial charge in [0.2, 0.25) is 0 Å². The zero-order valence-electron chi connectivity index (χ0n) is 13.2. The van der Waals surface area contributed by atoms with Crippen LogP contribution < -0.4 is 21.2 Å². The van der Waals surface area contributed by atoms with Crippen molar-refractivity contribution in [1.82, 2.24) is 5.43 Å². The van der Waals surface area contributed by atoms with Crippen LogP contribution >= 0.6 is 0 Å². The van der Waals surface area contributed by atoms with E-state index in [1.54, 1.807) is 19.2 Å². The molecule has 120 valence electrons. The number of rotatable bonds is 6. The third-order valence-corrected chi connectivity index (χ3v) is 3.22. The lowest BCUT2D eigenvalue weighted by atomic mass is 10.1. The van der Waals surface area contributed by atoms with Gasteiger partial charge in [0.15, 0.2) is 0 Å². The molecule has 0 aliphatic carbocycles. The molecule has 6 nitrogen and oxygen atoms in total. The van der Waals surface area contributed by atoms with Crippen LogP contribution in [0.3, 0.4) is 0 Å². The number of anilines is 2. The molecule has 0 saturated carbocycles. The summed E-state index contributed by atoms with van der Waals surface area (Å²) in [4.78, 5) is 11.9. The molecule has 0 spiro atoms. The molecule has 0 saturated heterocycles. The van der Waals surface area contributed by atoms with E-state index in [1.165, 1.54) is 0 Å². The number of methoxy groups -OCH3 is 1. The highest BCUT2D eigenvalue weighted by atomic mass is 16.5. The van der Waals surface area contributed by atoms with Crippen molar-refractivity contribution in [2.24, 2.45) is 5.10 Å². The number of benzene rings is 2. The van der Waals surface area contributed by atoms with Crippen molar-refractivity contribution in [2.45, 2.75) is 6.92 Å².